The molecule has 0 amide bonds. The van der Waals surface area contributed by atoms with Crippen LogP contribution in [-0.2, 0) is 6.42 Å². The zero-order chi connectivity index (χ0) is 12.7. The first-order valence-corrected chi connectivity index (χ1v) is 6.53. The highest BCUT2D eigenvalue weighted by Gasteiger charge is 2.06. The van der Waals surface area contributed by atoms with Crippen LogP contribution in [0.5, 0.6) is 0 Å². The van der Waals surface area contributed by atoms with Gasteiger partial charge in [-0.15, -0.1) is 0 Å². The van der Waals surface area contributed by atoms with Gasteiger partial charge in [-0.1, -0.05) is 32.8 Å². The van der Waals surface area contributed by atoms with E-state index in [-0.39, 0.29) is 0 Å². The molecule has 0 fully saturated rings. The fraction of sp³-hybridized carbons (Fsp3) is 0.533. The van der Waals surface area contributed by atoms with Crippen molar-refractivity contribution in [3.8, 4) is 0 Å². The molecule has 1 rings (SSSR count). The Balaban J connectivity index is 2.87. The fourth-order valence-corrected chi connectivity index (χ4v) is 1.98. The molecule has 1 aromatic carbocycles. The van der Waals surface area contributed by atoms with Gasteiger partial charge in [0.05, 0.1) is 11.4 Å². The van der Waals surface area contributed by atoms with Crippen LogP contribution in [0.1, 0.15) is 38.7 Å². The molecule has 0 unspecified atom stereocenters. The summed E-state index contributed by atoms with van der Waals surface area (Å²) in [5.41, 5.74) is 3.55. The van der Waals surface area contributed by atoms with Crippen LogP contribution in [0.15, 0.2) is 23.2 Å². The molecule has 0 atom stereocenters. The number of aliphatic imine (C=N–C) groups is 1. The second-order valence-electron chi connectivity index (χ2n) is 4.51. The van der Waals surface area contributed by atoms with E-state index in [0.717, 1.165) is 18.7 Å². The van der Waals surface area contributed by atoms with Crippen molar-refractivity contribution in [3.63, 3.8) is 0 Å². The van der Waals surface area contributed by atoms with Crippen LogP contribution in [0.3, 0.4) is 0 Å². The van der Waals surface area contributed by atoms with Crippen molar-refractivity contribution in [3.05, 3.63) is 23.8 Å². The summed E-state index contributed by atoms with van der Waals surface area (Å²) in [6.07, 6.45) is 4.71. The Morgan fingerprint density at radius 1 is 1.24 bits per heavy atom. The molecule has 0 bridgehead atoms. The van der Waals surface area contributed by atoms with Gasteiger partial charge in [0.1, 0.15) is 0 Å². The van der Waals surface area contributed by atoms with Crippen molar-refractivity contribution in [2.45, 2.75) is 39.5 Å². The Hall–Kier alpha value is -1.31. The van der Waals surface area contributed by atoms with E-state index in [2.05, 4.69) is 55.7 Å². The van der Waals surface area contributed by atoms with E-state index in [1.165, 1.54) is 30.5 Å². The van der Waals surface area contributed by atoms with E-state index < -0.39 is 0 Å². The molecular weight excluding hydrogens is 208 g/mol. The van der Waals surface area contributed by atoms with E-state index in [4.69, 9.17) is 0 Å². The summed E-state index contributed by atoms with van der Waals surface area (Å²) < 4.78 is 0. The SMILES string of the molecule is C=Nc1cc(CCC)ccc1N(C)CCCC. The van der Waals surface area contributed by atoms with Gasteiger partial charge in [-0.05, 0) is 37.3 Å². The van der Waals surface area contributed by atoms with Crippen LogP contribution >= 0.6 is 0 Å². The summed E-state index contributed by atoms with van der Waals surface area (Å²) in [7, 11) is 2.12. The minimum Gasteiger partial charge on any atom is -0.373 e. The van der Waals surface area contributed by atoms with Gasteiger partial charge >= 0.3 is 0 Å². The molecule has 0 aromatic heterocycles. The van der Waals surface area contributed by atoms with E-state index in [1.54, 1.807) is 0 Å². The summed E-state index contributed by atoms with van der Waals surface area (Å²) in [5, 5.41) is 0. The van der Waals surface area contributed by atoms with Crippen molar-refractivity contribution < 1.29 is 0 Å². The summed E-state index contributed by atoms with van der Waals surface area (Å²) in [6.45, 7) is 9.16. The molecule has 0 aliphatic rings. The zero-order valence-corrected chi connectivity index (χ0v) is 11.4. The van der Waals surface area contributed by atoms with E-state index in [9.17, 15) is 0 Å². The lowest BCUT2D eigenvalue weighted by Crippen LogP contribution is -2.18. The molecule has 0 aliphatic carbocycles. The molecule has 0 radical (unpaired) electrons. The number of hydrogen-bond donors (Lipinski definition) is 0. The Morgan fingerprint density at radius 3 is 2.59 bits per heavy atom. The highest BCUT2D eigenvalue weighted by Crippen LogP contribution is 2.29. The number of hydrogen-bond acceptors (Lipinski definition) is 2. The topological polar surface area (TPSA) is 15.6 Å². The molecule has 94 valence electrons. The van der Waals surface area contributed by atoms with Crippen LogP contribution in [-0.4, -0.2) is 20.3 Å². The smallest absolute Gasteiger partial charge is 0.0858 e. The maximum absolute atomic E-state index is 4.15. The Morgan fingerprint density at radius 2 is 2.00 bits per heavy atom. The number of aryl methyl sites for hydroxylation is 1. The van der Waals surface area contributed by atoms with Crippen LogP contribution < -0.4 is 4.90 Å². The van der Waals surface area contributed by atoms with Gasteiger partial charge in [0.25, 0.3) is 0 Å². The quantitative estimate of drug-likeness (QED) is 0.643. The molecule has 2 heteroatoms. The lowest BCUT2D eigenvalue weighted by molar-refractivity contribution is 0.766. The number of nitrogens with zero attached hydrogens (tertiary/aromatic N) is 2. The summed E-state index contributed by atoms with van der Waals surface area (Å²) in [4.78, 5) is 6.42. The van der Waals surface area contributed by atoms with Crippen molar-refractivity contribution in [2.75, 3.05) is 18.5 Å². The second kappa shape index (κ2) is 7.10. The summed E-state index contributed by atoms with van der Waals surface area (Å²) in [5.74, 6) is 0. The Bertz CT molecular complexity index is 358. The van der Waals surface area contributed by atoms with E-state index in [1.807, 2.05) is 0 Å². The third kappa shape index (κ3) is 3.88. The van der Waals surface area contributed by atoms with Crippen LogP contribution in [0, 0.1) is 0 Å². The van der Waals surface area contributed by atoms with Crippen molar-refractivity contribution >= 4 is 18.1 Å². The molecule has 17 heavy (non-hydrogen) atoms. The predicted molar refractivity (Wildman–Crippen MR) is 77.8 cm³/mol. The van der Waals surface area contributed by atoms with Crippen molar-refractivity contribution in [1.29, 1.82) is 0 Å². The zero-order valence-electron chi connectivity index (χ0n) is 11.4. The van der Waals surface area contributed by atoms with Crippen LogP contribution in [0.25, 0.3) is 0 Å². The highest BCUT2D eigenvalue weighted by atomic mass is 15.1. The average molecular weight is 232 g/mol. The molecular formula is C15H24N2. The molecule has 0 spiro atoms. The van der Waals surface area contributed by atoms with Gasteiger partial charge in [-0.2, -0.15) is 0 Å². The predicted octanol–water partition coefficient (Wildman–Crippen LogP) is 4.21. The van der Waals surface area contributed by atoms with Crippen LogP contribution in [0.4, 0.5) is 11.4 Å². The summed E-state index contributed by atoms with van der Waals surface area (Å²) in [6, 6.07) is 6.54. The van der Waals surface area contributed by atoms with Gasteiger partial charge in [-0.25, -0.2) is 0 Å². The molecule has 2 nitrogen and oxygen atoms in total. The lowest BCUT2D eigenvalue weighted by atomic mass is 10.1. The van der Waals surface area contributed by atoms with Crippen LogP contribution in [0.2, 0.25) is 0 Å². The first-order chi connectivity index (χ1) is 8.22. The first kappa shape index (κ1) is 13.8. The van der Waals surface area contributed by atoms with Gasteiger partial charge in [0, 0.05) is 13.6 Å². The summed E-state index contributed by atoms with van der Waals surface area (Å²) >= 11 is 0. The van der Waals surface area contributed by atoms with Gasteiger partial charge in [-0.3, -0.25) is 4.99 Å². The normalized spacial score (nSPS) is 10.3. The fourth-order valence-electron chi connectivity index (χ4n) is 1.98. The van der Waals surface area contributed by atoms with E-state index >= 15 is 0 Å². The Labute approximate surface area is 105 Å². The molecule has 0 saturated carbocycles. The minimum atomic E-state index is 1.01. The molecule has 0 saturated heterocycles. The maximum Gasteiger partial charge on any atom is 0.0858 e. The molecule has 0 N–H and O–H groups in total. The standard InChI is InChI=1S/C15H24N2/c1-5-7-11-17(4)15-10-9-13(8-6-2)12-14(15)16-3/h9-10,12H,3,5-8,11H2,1-2,4H3. The third-order valence-electron chi connectivity index (χ3n) is 3.01. The maximum atomic E-state index is 4.15. The third-order valence-corrected chi connectivity index (χ3v) is 3.01. The second-order valence-corrected chi connectivity index (χ2v) is 4.51. The van der Waals surface area contributed by atoms with E-state index in [0.29, 0.717) is 0 Å². The number of unbranched alkanes of at least 4 members (excludes halogenated alkanes) is 1. The lowest BCUT2D eigenvalue weighted by Gasteiger charge is -2.21. The van der Waals surface area contributed by atoms with Gasteiger partial charge in [0.2, 0.25) is 0 Å². The van der Waals surface area contributed by atoms with Crippen molar-refractivity contribution in [2.24, 2.45) is 4.99 Å². The van der Waals surface area contributed by atoms with Crippen molar-refractivity contribution in [1.82, 2.24) is 0 Å². The number of benzene rings is 1. The van der Waals surface area contributed by atoms with Gasteiger partial charge < -0.3 is 4.90 Å². The largest absolute Gasteiger partial charge is 0.373 e. The van der Waals surface area contributed by atoms with Gasteiger partial charge in [0.15, 0.2) is 0 Å². The number of rotatable bonds is 7. The average Bonchev–Trinajstić information content (AvgIpc) is 2.36. The monoisotopic (exact) mass is 232 g/mol. The first-order valence-electron chi connectivity index (χ1n) is 6.53. The molecule has 0 heterocycles. The minimum absolute atomic E-state index is 1.01. The Kier molecular flexibility index (Phi) is 5.75. The highest BCUT2D eigenvalue weighted by molar-refractivity contribution is 5.69. The molecule has 0 aliphatic heterocycles. The molecule has 1 aromatic rings. The number of anilines is 1.